The van der Waals surface area contributed by atoms with Gasteiger partial charge in [-0.05, 0) is 34.6 Å². The number of nitrogens with one attached hydrogen (secondary N) is 2. The van der Waals surface area contributed by atoms with E-state index < -0.39 is 5.76 Å². The van der Waals surface area contributed by atoms with Gasteiger partial charge in [0.1, 0.15) is 5.69 Å². The summed E-state index contributed by atoms with van der Waals surface area (Å²) in [6, 6.07) is 5.45. The quantitative estimate of drug-likeness (QED) is 0.684. The first-order valence-electron chi connectivity index (χ1n) is 5.75. The van der Waals surface area contributed by atoms with Crippen LogP contribution in [0.5, 0.6) is 0 Å². The first-order chi connectivity index (χ1) is 9.19. The lowest BCUT2D eigenvalue weighted by Gasteiger charge is -1.98. The van der Waals surface area contributed by atoms with Crippen LogP contribution in [-0.4, -0.2) is 21.7 Å². The monoisotopic (exact) mass is 322 g/mol. The van der Waals surface area contributed by atoms with E-state index in [0.29, 0.717) is 17.6 Å². The van der Waals surface area contributed by atoms with E-state index in [9.17, 15) is 4.79 Å². The molecule has 0 amide bonds. The van der Waals surface area contributed by atoms with Crippen molar-refractivity contribution in [2.24, 2.45) is 5.73 Å². The molecule has 0 bridgehead atoms. The average Bonchev–Trinajstić information content (AvgIpc) is 2.92. The maximum absolute atomic E-state index is 11.1. The van der Waals surface area contributed by atoms with Crippen LogP contribution >= 0.6 is 15.9 Å². The molecule has 0 saturated heterocycles. The summed E-state index contributed by atoms with van der Waals surface area (Å²) in [6.07, 6.45) is 0.717. The van der Waals surface area contributed by atoms with Gasteiger partial charge >= 0.3 is 5.76 Å². The largest absolute Gasteiger partial charge is 0.417 e. The molecule has 3 aromatic rings. The summed E-state index contributed by atoms with van der Waals surface area (Å²) in [5, 5.41) is 7.21. The Morgan fingerprint density at radius 3 is 3.05 bits per heavy atom. The second-order valence-corrected chi connectivity index (χ2v) is 4.92. The summed E-state index contributed by atoms with van der Waals surface area (Å²) in [5.41, 5.74) is 9.30. The third kappa shape index (κ3) is 2.11. The molecule has 0 atom stereocenters. The molecule has 0 saturated carbocycles. The van der Waals surface area contributed by atoms with Gasteiger partial charge in [-0.1, -0.05) is 6.07 Å². The van der Waals surface area contributed by atoms with Crippen LogP contribution in [0.4, 0.5) is 0 Å². The number of halogens is 1. The maximum atomic E-state index is 11.1. The number of rotatable bonds is 3. The van der Waals surface area contributed by atoms with Gasteiger partial charge in [0, 0.05) is 12.0 Å². The maximum Gasteiger partial charge on any atom is 0.417 e. The molecule has 2 heterocycles. The first kappa shape index (κ1) is 12.2. The zero-order valence-electron chi connectivity index (χ0n) is 9.87. The molecule has 0 radical (unpaired) electrons. The highest BCUT2D eigenvalue weighted by Gasteiger charge is 2.13. The van der Waals surface area contributed by atoms with Crippen LogP contribution in [0.25, 0.3) is 22.4 Å². The molecule has 2 aromatic heterocycles. The van der Waals surface area contributed by atoms with Crippen molar-refractivity contribution < 1.29 is 4.42 Å². The Morgan fingerprint density at radius 1 is 1.42 bits per heavy atom. The van der Waals surface area contributed by atoms with Gasteiger partial charge in [0.25, 0.3) is 0 Å². The second kappa shape index (κ2) is 4.67. The number of nitrogens with two attached hydrogens (primary N) is 1. The summed E-state index contributed by atoms with van der Waals surface area (Å²) >= 11 is 3.51. The normalized spacial score (nSPS) is 11.3. The summed E-state index contributed by atoms with van der Waals surface area (Å²) in [4.78, 5) is 13.7. The zero-order chi connectivity index (χ0) is 13.4. The molecule has 0 fully saturated rings. The molecule has 0 aliphatic heterocycles. The van der Waals surface area contributed by atoms with E-state index in [4.69, 9.17) is 10.2 Å². The summed E-state index contributed by atoms with van der Waals surface area (Å²) in [6.45, 7) is 0.548. The van der Waals surface area contributed by atoms with Crippen molar-refractivity contribution in [3.8, 4) is 11.3 Å². The van der Waals surface area contributed by atoms with Gasteiger partial charge < -0.3 is 10.2 Å². The molecule has 98 valence electrons. The summed E-state index contributed by atoms with van der Waals surface area (Å²) in [5.74, 6) is -0.461. The Labute approximate surface area is 116 Å². The van der Waals surface area contributed by atoms with Gasteiger partial charge in [-0.3, -0.25) is 10.1 Å². The Balaban J connectivity index is 2.10. The van der Waals surface area contributed by atoms with E-state index in [1.54, 1.807) is 12.1 Å². The average molecular weight is 323 g/mol. The van der Waals surface area contributed by atoms with Gasteiger partial charge in [-0.2, -0.15) is 5.10 Å². The second-order valence-electron chi connectivity index (χ2n) is 4.13. The van der Waals surface area contributed by atoms with Crippen molar-refractivity contribution in [1.29, 1.82) is 0 Å². The molecule has 0 spiro atoms. The molecule has 19 heavy (non-hydrogen) atoms. The molecule has 7 heteroatoms. The van der Waals surface area contributed by atoms with Crippen LogP contribution in [0, 0.1) is 0 Å². The number of fused-ring (bicyclic) bond motifs is 1. The minimum Gasteiger partial charge on any atom is -0.408 e. The minimum absolute atomic E-state index is 0.461. The third-order valence-corrected chi connectivity index (χ3v) is 3.72. The van der Waals surface area contributed by atoms with Crippen molar-refractivity contribution in [3.63, 3.8) is 0 Å². The highest BCUT2D eigenvalue weighted by molar-refractivity contribution is 9.10. The molecule has 4 N–H and O–H groups in total. The lowest BCUT2D eigenvalue weighted by atomic mass is 10.1. The predicted molar refractivity (Wildman–Crippen MR) is 74.9 cm³/mol. The SMILES string of the molecule is NCCc1[nH]nc(-c2ccc3[nH]c(=O)oc3c2)c1Br. The van der Waals surface area contributed by atoms with Crippen molar-refractivity contribution in [3.05, 3.63) is 38.9 Å². The van der Waals surface area contributed by atoms with Gasteiger partial charge in [0.2, 0.25) is 0 Å². The number of nitrogens with zero attached hydrogens (tertiary/aromatic N) is 1. The van der Waals surface area contributed by atoms with E-state index in [2.05, 4.69) is 31.1 Å². The molecule has 3 rings (SSSR count). The van der Waals surface area contributed by atoms with Crippen LogP contribution in [0.1, 0.15) is 5.69 Å². The number of hydrogen-bond acceptors (Lipinski definition) is 4. The molecular formula is C12H11BrN4O2. The van der Waals surface area contributed by atoms with Gasteiger partial charge in [0.15, 0.2) is 5.58 Å². The predicted octanol–water partition coefficient (Wildman–Crippen LogP) is 1.77. The highest BCUT2D eigenvalue weighted by Crippen LogP contribution is 2.30. The van der Waals surface area contributed by atoms with E-state index in [1.165, 1.54) is 0 Å². The van der Waals surface area contributed by atoms with Gasteiger partial charge in [-0.15, -0.1) is 0 Å². The fraction of sp³-hybridized carbons (Fsp3) is 0.167. The van der Waals surface area contributed by atoms with E-state index in [1.807, 2.05) is 6.07 Å². The molecule has 1 aromatic carbocycles. The van der Waals surface area contributed by atoms with E-state index >= 15 is 0 Å². The molecule has 0 aliphatic rings. The number of aromatic amines is 2. The number of oxazole rings is 1. The topological polar surface area (TPSA) is 101 Å². The fourth-order valence-corrected chi connectivity index (χ4v) is 2.56. The molecular weight excluding hydrogens is 312 g/mol. The van der Waals surface area contributed by atoms with Crippen LogP contribution < -0.4 is 11.5 Å². The Morgan fingerprint density at radius 2 is 2.26 bits per heavy atom. The fourth-order valence-electron chi connectivity index (χ4n) is 1.96. The Kier molecular flexibility index (Phi) is 3.00. The third-order valence-electron chi connectivity index (χ3n) is 2.86. The highest BCUT2D eigenvalue weighted by atomic mass is 79.9. The number of hydrogen-bond donors (Lipinski definition) is 3. The van der Waals surface area contributed by atoms with Crippen molar-refractivity contribution in [2.45, 2.75) is 6.42 Å². The number of H-pyrrole nitrogens is 2. The molecule has 0 aliphatic carbocycles. The minimum atomic E-state index is -0.461. The van der Waals surface area contributed by atoms with Crippen LogP contribution in [0.2, 0.25) is 0 Å². The van der Waals surface area contributed by atoms with E-state index in [-0.39, 0.29) is 0 Å². The Hall–Kier alpha value is -1.86. The first-order valence-corrected chi connectivity index (χ1v) is 6.54. The van der Waals surface area contributed by atoms with Crippen molar-refractivity contribution in [1.82, 2.24) is 15.2 Å². The van der Waals surface area contributed by atoms with Crippen LogP contribution in [0.3, 0.4) is 0 Å². The van der Waals surface area contributed by atoms with Gasteiger partial charge in [-0.25, -0.2) is 4.79 Å². The lowest BCUT2D eigenvalue weighted by molar-refractivity contribution is 0.555. The smallest absolute Gasteiger partial charge is 0.408 e. The Bertz CT molecular complexity index is 786. The van der Waals surface area contributed by atoms with E-state index in [0.717, 1.165) is 27.8 Å². The molecule has 6 nitrogen and oxygen atoms in total. The van der Waals surface area contributed by atoms with Crippen molar-refractivity contribution >= 4 is 27.0 Å². The summed E-state index contributed by atoms with van der Waals surface area (Å²) < 4.78 is 5.92. The lowest BCUT2D eigenvalue weighted by Crippen LogP contribution is -2.03. The number of benzene rings is 1. The number of aromatic nitrogens is 3. The summed E-state index contributed by atoms with van der Waals surface area (Å²) in [7, 11) is 0. The van der Waals surface area contributed by atoms with Crippen molar-refractivity contribution in [2.75, 3.05) is 6.54 Å². The van der Waals surface area contributed by atoms with Gasteiger partial charge in [0.05, 0.1) is 15.7 Å². The van der Waals surface area contributed by atoms with Crippen LogP contribution in [0.15, 0.2) is 31.9 Å². The molecule has 0 unspecified atom stereocenters. The van der Waals surface area contributed by atoms with Crippen LogP contribution in [-0.2, 0) is 6.42 Å². The zero-order valence-corrected chi connectivity index (χ0v) is 11.5. The standard InChI is InChI=1S/C12H11BrN4O2/c13-10-8(3-4-14)16-17-11(10)6-1-2-7-9(5-6)19-12(18)15-7/h1-2,5H,3-4,14H2,(H,15,18)(H,16,17).